The molecule has 0 saturated carbocycles. The molecule has 1 aromatic carbocycles. The van der Waals surface area contributed by atoms with Gasteiger partial charge in [0.2, 0.25) is 11.8 Å². The minimum absolute atomic E-state index is 0.0188. The molecule has 22 heavy (non-hydrogen) atoms. The third kappa shape index (κ3) is 8.63. The minimum Gasteiger partial charge on any atom is -0.494 e. The smallest absolute Gasteiger partial charge is 0.239 e. The van der Waals surface area contributed by atoms with Crippen LogP contribution in [0.2, 0.25) is 0 Å². The Labute approximate surface area is 138 Å². The highest BCUT2D eigenvalue weighted by Gasteiger charge is 2.05. The molecule has 0 aliphatic heterocycles. The molecule has 1 rings (SSSR count). The number of rotatable bonds is 10. The highest BCUT2D eigenvalue weighted by molar-refractivity contribution is 9.10. The topological polar surface area (TPSA) is 76.7 Å². The van der Waals surface area contributed by atoms with E-state index in [4.69, 9.17) is 9.47 Å². The van der Waals surface area contributed by atoms with Gasteiger partial charge in [0.15, 0.2) is 0 Å². The fourth-order valence-electron chi connectivity index (χ4n) is 1.60. The zero-order valence-electron chi connectivity index (χ0n) is 12.6. The number of hydrogen-bond donors (Lipinski definition) is 2. The fourth-order valence-corrected chi connectivity index (χ4v) is 1.98. The van der Waals surface area contributed by atoms with Gasteiger partial charge in [0.05, 0.1) is 19.8 Å². The van der Waals surface area contributed by atoms with Crippen LogP contribution >= 0.6 is 15.9 Å². The second kappa shape index (κ2) is 11.0. The summed E-state index contributed by atoms with van der Waals surface area (Å²) in [5.74, 6) is 0.364. The van der Waals surface area contributed by atoms with Crippen LogP contribution in [-0.4, -0.2) is 45.2 Å². The quantitative estimate of drug-likeness (QED) is 0.610. The largest absolute Gasteiger partial charge is 0.494 e. The predicted octanol–water partition coefficient (Wildman–Crippen LogP) is 1.49. The van der Waals surface area contributed by atoms with Gasteiger partial charge in [0.25, 0.3) is 0 Å². The Morgan fingerprint density at radius 2 is 2.00 bits per heavy atom. The Morgan fingerprint density at radius 3 is 2.73 bits per heavy atom. The van der Waals surface area contributed by atoms with Gasteiger partial charge in [-0.05, 0) is 24.6 Å². The molecular weight excluding hydrogens is 352 g/mol. The number of carbonyl (C=O) groups is 2. The summed E-state index contributed by atoms with van der Waals surface area (Å²) in [7, 11) is 1.56. The van der Waals surface area contributed by atoms with Crippen molar-refractivity contribution >= 4 is 27.7 Å². The third-order valence-corrected chi connectivity index (χ3v) is 3.18. The highest BCUT2D eigenvalue weighted by atomic mass is 79.9. The first-order chi connectivity index (χ1) is 10.6. The lowest BCUT2D eigenvalue weighted by Gasteiger charge is -2.08. The van der Waals surface area contributed by atoms with Crippen LogP contribution in [0.15, 0.2) is 28.7 Å². The predicted molar refractivity (Wildman–Crippen MR) is 86.8 cm³/mol. The average Bonchev–Trinajstić information content (AvgIpc) is 2.50. The molecule has 0 aromatic heterocycles. The Morgan fingerprint density at radius 1 is 1.18 bits per heavy atom. The number of amides is 2. The number of benzene rings is 1. The Kier molecular flexibility index (Phi) is 9.25. The van der Waals surface area contributed by atoms with E-state index >= 15 is 0 Å². The van der Waals surface area contributed by atoms with Crippen molar-refractivity contribution < 1.29 is 19.1 Å². The average molecular weight is 373 g/mol. The van der Waals surface area contributed by atoms with E-state index in [9.17, 15) is 9.59 Å². The monoisotopic (exact) mass is 372 g/mol. The van der Waals surface area contributed by atoms with E-state index in [2.05, 4.69) is 26.6 Å². The molecule has 6 nitrogen and oxygen atoms in total. The molecule has 122 valence electrons. The first kappa shape index (κ1) is 18.4. The fraction of sp³-hybridized carbons (Fsp3) is 0.467. The lowest BCUT2D eigenvalue weighted by atomic mass is 10.3. The standard InChI is InChI=1S/C15H21BrN2O4/c1-21-9-7-17-15(20)11-18-14(19)6-3-8-22-13-5-2-4-12(16)10-13/h2,4-5,10H,3,6-9,11H2,1H3,(H,17,20)(H,18,19). The molecule has 2 amide bonds. The molecule has 7 heteroatoms. The van der Waals surface area contributed by atoms with Gasteiger partial charge >= 0.3 is 0 Å². The number of ether oxygens (including phenoxy) is 2. The van der Waals surface area contributed by atoms with E-state index < -0.39 is 0 Å². The van der Waals surface area contributed by atoms with Crippen molar-refractivity contribution in [1.82, 2.24) is 10.6 Å². The van der Waals surface area contributed by atoms with E-state index in [-0.39, 0.29) is 18.4 Å². The van der Waals surface area contributed by atoms with Gasteiger partial charge in [-0.3, -0.25) is 9.59 Å². The molecule has 1 aromatic rings. The molecule has 0 atom stereocenters. The van der Waals surface area contributed by atoms with Crippen molar-refractivity contribution in [3.8, 4) is 5.75 Å². The molecule has 2 N–H and O–H groups in total. The molecule has 0 bridgehead atoms. The number of methoxy groups -OCH3 is 1. The van der Waals surface area contributed by atoms with Crippen molar-refractivity contribution in [3.05, 3.63) is 28.7 Å². The summed E-state index contributed by atoms with van der Waals surface area (Å²) < 4.78 is 11.3. The van der Waals surface area contributed by atoms with Gasteiger partial charge in [0.1, 0.15) is 5.75 Å². The van der Waals surface area contributed by atoms with Gasteiger partial charge < -0.3 is 20.1 Å². The van der Waals surface area contributed by atoms with E-state index in [1.807, 2.05) is 24.3 Å². The molecule has 0 aliphatic rings. The first-order valence-electron chi connectivity index (χ1n) is 7.02. The van der Waals surface area contributed by atoms with Crippen molar-refractivity contribution in [2.75, 3.05) is 33.4 Å². The first-order valence-corrected chi connectivity index (χ1v) is 7.82. The summed E-state index contributed by atoms with van der Waals surface area (Å²) in [4.78, 5) is 22.9. The van der Waals surface area contributed by atoms with E-state index in [0.717, 1.165) is 10.2 Å². The number of carbonyl (C=O) groups excluding carboxylic acids is 2. The summed E-state index contributed by atoms with van der Waals surface area (Å²) >= 11 is 3.36. The maximum atomic E-state index is 11.6. The molecule has 0 unspecified atom stereocenters. The van der Waals surface area contributed by atoms with Gasteiger partial charge in [-0.25, -0.2) is 0 Å². The van der Waals surface area contributed by atoms with Crippen LogP contribution in [-0.2, 0) is 14.3 Å². The van der Waals surface area contributed by atoms with Crippen LogP contribution < -0.4 is 15.4 Å². The van der Waals surface area contributed by atoms with Crippen LogP contribution in [0.1, 0.15) is 12.8 Å². The van der Waals surface area contributed by atoms with E-state index in [0.29, 0.717) is 32.6 Å². The van der Waals surface area contributed by atoms with Gasteiger partial charge in [-0.15, -0.1) is 0 Å². The van der Waals surface area contributed by atoms with Crippen molar-refractivity contribution in [3.63, 3.8) is 0 Å². The molecule has 0 saturated heterocycles. The van der Waals surface area contributed by atoms with Crippen LogP contribution in [0.3, 0.4) is 0 Å². The van der Waals surface area contributed by atoms with Gasteiger partial charge in [0, 0.05) is 24.5 Å². The van der Waals surface area contributed by atoms with Gasteiger partial charge in [-0.1, -0.05) is 22.0 Å². The molecule has 0 heterocycles. The second-order valence-electron chi connectivity index (χ2n) is 4.53. The number of halogens is 1. The van der Waals surface area contributed by atoms with Crippen LogP contribution in [0.5, 0.6) is 5.75 Å². The van der Waals surface area contributed by atoms with Crippen molar-refractivity contribution in [2.24, 2.45) is 0 Å². The van der Waals surface area contributed by atoms with E-state index in [1.165, 1.54) is 0 Å². The maximum absolute atomic E-state index is 11.6. The zero-order chi connectivity index (χ0) is 16.2. The minimum atomic E-state index is -0.226. The highest BCUT2D eigenvalue weighted by Crippen LogP contribution is 2.17. The molecule has 0 fully saturated rings. The van der Waals surface area contributed by atoms with Crippen LogP contribution in [0.4, 0.5) is 0 Å². The maximum Gasteiger partial charge on any atom is 0.239 e. The summed E-state index contributed by atoms with van der Waals surface area (Å²) in [6.45, 7) is 1.32. The summed E-state index contributed by atoms with van der Waals surface area (Å²) in [6.07, 6.45) is 0.906. The third-order valence-electron chi connectivity index (χ3n) is 2.69. The lowest BCUT2D eigenvalue weighted by Crippen LogP contribution is -2.38. The zero-order valence-corrected chi connectivity index (χ0v) is 14.1. The number of hydrogen-bond acceptors (Lipinski definition) is 4. The summed E-state index contributed by atoms with van der Waals surface area (Å²) in [5, 5.41) is 5.19. The van der Waals surface area contributed by atoms with Crippen molar-refractivity contribution in [1.29, 1.82) is 0 Å². The SMILES string of the molecule is COCCNC(=O)CNC(=O)CCCOc1cccc(Br)c1. The Bertz CT molecular complexity index is 482. The molecule has 0 aliphatic carbocycles. The number of nitrogens with one attached hydrogen (secondary N) is 2. The summed E-state index contributed by atoms with van der Waals surface area (Å²) in [5.41, 5.74) is 0. The summed E-state index contributed by atoms with van der Waals surface area (Å²) in [6, 6.07) is 7.52. The van der Waals surface area contributed by atoms with Crippen LogP contribution in [0, 0.1) is 0 Å². The molecule has 0 radical (unpaired) electrons. The second-order valence-corrected chi connectivity index (χ2v) is 5.44. The van der Waals surface area contributed by atoms with Gasteiger partial charge in [-0.2, -0.15) is 0 Å². The van der Waals surface area contributed by atoms with Crippen molar-refractivity contribution in [2.45, 2.75) is 12.8 Å². The van der Waals surface area contributed by atoms with E-state index in [1.54, 1.807) is 7.11 Å². The molecular formula is C15H21BrN2O4. The Hall–Kier alpha value is -1.60. The normalized spacial score (nSPS) is 10.1. The van der Waals surface area contributed by atoms with Crippen LogP contribution in [0.25, 0.3) is 0 Å². The molecule has 0 spiro atoms. The Balaban J connectivity index is 2.07. The lowest BCUT2D eigenvalue weighted by molar-refractivity contribution is -0.126.